The molecule has 2 saturated heterocycles. The summed E-state index contributed by atoms with van der Waals surface area (Å²) in [6, 6.07) is 14.4. The lowest BCUT2D eigenvalue weighted by Crippen LogP contribution is -2.52. The van der Waals surface area contributed by atoms with Crippen LogP contribution in [0.3, 0.4) is 0 Å². The summed E-state index contributed by atoms with van der Waals surface area (Å²) in [6.07, 6.45) is 10.7. The van der Waals surface area contributed by atoms with Gasteiger partial charge in [0.15, 0.2) is 0 Å². The van der Waals surface area contributed by atoms with Crippen molar-refractivity contribution >= 4 is 16.7 Å². The summed E-state index contributed by atoms with van der Waals surface area (Å²) >= 11 is 0. The SMILES string of the molecule is COC(=O)C1CC2CCCC(C1)N2Cc1ccc2c(O[C@H]3CC[C@H](C(C)(C)C)CC3)cccc2c1. The molecule has 0 aromatic heterocycles. The van der Waals surface area contributed by atoms with Crippen molar-refractivity contribution in [1.29, 1.82) is 0 Å². The molecule has 5 rings (SSSR count). The van der Waals surface area contributed by atoms with Crippen LogP contribution in [-0.2, 0) is 16.1 Å². The lowest BCUT2D eigenvalue weighted by molar-refractivity contribution is -0.150. The van der Waals surface area contributed by atoms with E-state index in [1.807, 2.05) is 0 Å². The molecule has 4 nitrogen and oxygen atoms in total. The first kappa shape index (κ1) is 24.6. The number of benzene rings is 2. The van der Waals surface area contributed by atoms with Crippen LogP contribution >= 0.6 is 0 Å². The Labute approximate surface area is 211 Å². The van der Waals surface area contributed by atoms with E-state index >= 15 is 0 Å². The molecule has 2 heterocycles. The van der Waals surface area contributed by atoms with E-state index in [9.17, 15) is 4.79 Å². The van der Waals surface area contributed by atoms with Crippen LogP contribution in [0.4, 0.5) is 0 Å². The Morgan fingerprint density at radius 1 is 0.971 bits per heavy atom. The Bertz CT molecular complexity index is 1020. The van der Waals surface area contributed by atoms with Crippen molar-refractivity contribution in [3.8, 4) is 5.75 Å². The lowest BCUT2D eigenvalue weighted by Gasteiger charge is -2.48. The molecular weight excluding hydrogens is 434 g/mol. The monoisotopic (exact) mass is 477 g/mol. The van der Waals surface area contributed by atoms with Crippen molar-refractivity contribution in [2.45, 2.75) is 103 Å². The molecule has 2 aromatic carbocycles. The molecule has 0 N–H and O–H groups in total. The van der Waals surface area contributed by atoms with Gasteiger partial charge in [-0.2, -0.15) is 0 Å². The quantitative estimate of drug-likeness (QED) is 0.429. The van der Waals surface area contributed by atoms with Crippen LogP contribution in [0, 0.1) is 17.3 Å². The maximum absolute atomic E-state index is 12.2. The molecule has 2 bridgehead atoms. The van der Waals surface area contributed by atoms with Crippen molar-refractivity contribution in [2.75, 3.05) is 7.11 Å². The Morgan fingerprint density at radius 3 is 2.34 bits per heavy atom. The van der Waals surface area contributed by atoms with Gasteiger partial charge in [0.1, 0.15) is 5.75 Å². The number of hydrogen-bond donors (Lipinski definition) is 0. The standard InChI is InChI=1S/C31H43NO3/c1-31(2,3)24-12-14-27(15-13-24)35-29-10-5-7-22-17-21(11-16-28(22)29)20-32-25-8-6-9-26(32)19-23(18-25)30(33)34-4/h5,7,10-11,16-17,23-27H,6,8-9,12-15,18-20H2,1-4H3/t23?,24-,25?,26?,27-. The molecule has 35 heavy (non-hydrogen) atoms. The van der Waals surface area contributed by atoms with Crippen LogP contribution in [0.2, 0.25) is 0 Å². The molecule has 2 aromatic rings. The highest BCUT2D eigenvalue weighted by molar-refractivity contribution is 5.88. The average molecular weight is 478 g/mol. The van der Waals surface area contributed by atoms with Gasteiger partial charge in [0.05, 0.1) is 19.1 Å². The van der Waals surface area contributed by atoms with Gasteiger partial charge in [0.25, 0.3) is 0 Å². The van der Waals surface area contributed by atoms with E-state index in [0.717, 1.165) is 43.9 Å². The van der Waals surface area contributed by atoms with E-state index in [-0.39, 0.29) is 11.9 Å². The minimum atomic E-state index is -0.0216. The second kappa shape index (κ2) is 10.1. The number of carbonyl (C=O) groups excluding carboxylic acids is 1. The van der Waals surface area contributed by atoms with Gasteiger partial charge >= 0.3 is 5.97 Å². The summed E-state index contributed by atoms with van der Waals surface area (Å²) in [7, 11) is 1.52. The molecule has 2 unspecified atom stereocenters. The normalized spacial score (nSPS) is 29.7. The van der Waals surface area contributed by atoms with E-state index in [1.165, 1.54) is 55.5 Å². The summed E-state index contributed by atoms with van der Waals surface area (Å²) in [5, 5.41) is 2.48. The maximum Gasteiger partial charge on any atom is 0.308 e. The van der Waals surface area contributed by atoms with Gasteiger partial charge in [-0.3, -0.25) is 9.69 Å². The Kier molecular flexibility index (Phi) is 7.12. The predicted molar refractivity (Wildman–Crippen MR) is 141 cm³/mol. The van der Waals surface area contributed by atoms with E-state index in [2.05, 4.69) is 62.1 Å². The summed E-state index contributed by atoms with van der Waals surface area (Å²) in [5.41, 5.74) is 1.75. The minimum Gasteiger partial charge on any atom is -0.490 e. The van der Waals surface area contributed by atoms with E-state index in [1.54, 1.807) is 0 Å². The zero-order valence-electron chi connectivity index (χ0n) is 22.1. The molecule has 3 fully saturated rings. The van der Waals surface area contributed by atoms with Gasteiger partial charge in [-0.1, -0.05) is 51.5 Å². The van der Waals surface area contributed by atoms with Crippen LogP contribution in [0.5, 0.6) is 5.75 Å². The average Bonchev–Trinajstić information content (AvgIpc) is 2.83. The van der Waals surface area contributed by atoms with E-state index < -0.39 is 0 Å². The van der Waals surface area contributed by atoms with Gasteiger partial charge in [-0.25, -0.2) is 0 Å². The number of ether oxygens (including phenoxy) is 2. The predicted octanol–water partition coefficient (Wildman–Crippen LogP) is 7.13. The number of hydrogen-bond acceptors (Lipinski definition) is 4. The Morgan fingerprint density at radius 2 is 1.69 bits per heavy atom. The van der Waals surface area contributed by atoms with Gasteiger partial charge < -0.3 is 9.47 Å². The van der Waals surface area contributed by atoms with E-state index in [0.29, 0.717) is 23.6 Å². The number of methoxy groups -OCH3 is 1. The lowest BCUT2D eigenvalue weighted by atomic mass is 9.72. The topological polar surface area (TPSA) is 38.8 Å². The van der Waals surface area contributed by atoms with Gasteiger partial charge in [-0.15, -0.1) is 0 Å². The van der Waals surface area contributed by atoms with Crippen LogP contribution in [0.1, 0.15) is 84.1 Å². The summed E-state index contributed by atoms with van der Waals surface area (Å²) in [4.78, 5) is 14.9. The number of rotatable bonds is 5. The van der Waals surface area contributed by atoms with Gasteiger partial charge in [0.2, 0.25) is 0 Å². The number of fused-ring (bicyclic) bond motifs is 3. The third kappa shape index (κ3) is 5.38. The third-order valence-corrected chi connectivity index (χ3v) is 9.12. The number of carbonyl (C=O) groups is 1. The van der Waals surface area contributed by atoms with Gasteiger partial charge in [-0.05, 0) is 85.8 Å². The van der Waals surface area contributed by atoms with Crippen LogP contribution in [0.25, 0.3) is 10.8 Å². The number of esters is 1. The molecular formula is C31H43NO3. The van der Waals surface area contributed by atoms with Crippen molar-refractivity contribution < 1.29 is 14.3 Å². The van der Waals surface area contributed by atoms with Crippen LogP contribution in [-0.4, -0.2) is 36.2 Å². The summed E-state index contributed by atoms with van der Waals surface area (Å²) in [6.45, 7) is 8.07. The Balaban J connectivity index is 1.27. The molecule has 2 atom stereocenters. The molecule has 3 aliphatic rings. The van der Waals surface area contributed by atoms with Crippen molar-refractivity contribution in [1.82, 2.24) is 4.90 Å². The molecule has 0 spiro atoms. The molecule has 1 aliphatic carbocycles. The molecule has 4 heteroatoms. The largest absolute Gasteiger partial charge is 0.490 e. The van der Waals surface area contributed by atoms with Crippen LogP contribution < -0.4 is 4.74 Å². The first-order valence-electron chi connectivity index (χ1n) is 13.8. The number of piperidine rings is 2. The zero-order valence-corrected chi connectivity index (χ0v) is 22.1. The second-order valence-corrected chi connectivity index (χ2v) is 12.4. The maximum atomic E-state index is 12.2. The highest BCUT2D eigenvalue weighted by atomic mass is 16.5. The van der Waals surface area contributed by atoms with Gasteiger partial charge in [0, 0.05) is 24.0 Å². The van der Waals surface area contributed by atoms with Crippen molar-refractivity contribution in [3.05, 3.63) is 42.0 Å². The van der Waals surface area contributed by atoms with Crippen LogP contribution in [0.15, 0.2) is 36.4 Å². The van der Waals surface area contributed by atoms with E-state index in [4.69, 9.17) is 9.47 Å². The zero-order chi connectivity index (χ0) is 24.6. The number of nitrogens with zero attached hydrogens (tertiary/aromatic N) is 1. The smallest absolute Gasteiger partial charge is 0.308 e. The molecule has 2 aliphatic heterocycles. The highest BCUT2D eigenvalue weighted by Gasteiger charge is 2.41. The van der Waals surface area contributed by atoms with Crippen molar-refractivity contribution in [3.63, 3.8) is 0 Å². The third-order valence-electron chi connectivity index (χ3n) is 9.12. The summed E-state index contributed by atoms with van der Waals surface area (Å²) < 4.78 is 11.6. The second-order valence-electron chi connectivity index (χ2n) is 12.4. The first-order chi connectivity index (χ1) is 16.8. The molecule has 0 amide bonds. The summed E-state index contributed by atoms with van der Waals surface area (Å²) in [5.74, 6) is 1.88. The first-order valence-corrected chi connectivity index (χ1v) is 13.8. The highest BCUT2D eigenvalue weighted by Crippen LogP contribution is 2.41. The molecule has 1 saturated carbocycles. The molecule has 0 radical (unpaired) electrons. The Hall–Kier alpha value is -2.07. The fourth-order valence-corrected chi connectivity index (χ4v) is 7.04. The van der Waals surface area contributed by atoms with Crippen molar-refractivity contribution in [2.24, 2.45) is 17.3 Å². The fourth-order valence-electron chi connectivity index (χ4n) is 7.04. The molecule has 190 valence electrons. The minimum absolute atomic E-state index is 0.0216. The fraction of sp³-hybridized carbons (Fsp3) is 0.645.